The van der Waals surface area contributed by atoms with E-state index in [1.165, 1.54) is 29.5 Å². The van der Waals surface area contributed by atoms with E-state index in [0.29, 0.717) is 0 Å². The van der Waals surface area contributed by atoms with Gasteiger partial charge < -0.3 is 0 Å². The molecule has 0 atom stereocenters. The van der Waals surface area contributed by atoms with Crippen LogP contribution < -0.4 is 0 Å². The number of rotatable bonds is 1. The van der Waals surface area contributed by atoms with E-state index in [-0.39, 0.29) is 10.8 Å². The Labute approximate surface area is 122 Å². The molecule has 1 aromatic heterocycles. The highest BCUT2D eigenvalue weighted by Crippen LogP contribution is 2.46. The molecule has 0 aliphatic heterocycles. The van der Waals surface area contributed by atoms with Crippen LogP contribution in [0.2, 0.25) is 0 Å². The van der Waals surface area contributed by atoms with E-state index in [2.05, 4.69) is 63.0 Å². The van der Waals surface area contributed by atoms with Crippen molar-refractivity contribution in [1.82, 2.24) is 4.98 Å². The second kappa shape index (κ2) is 4.44. The largest absolute Gasteiger partial charge is 0.256 e. The van der Waals surface area contributed by atoms with Gasteiger partial charge in [0, 0.05) is 11.8 Å². The molecule has 0 spiro atoms. The third-order valence-electron chi connectivity index (χ3n) is 4.81. The minimum atomic E-state index is 0.260. The smallest absolute Gasteiger partial charge is 0.0702 e. The van der Waals surface area contributed by atoms with Gasteiger partial charge >= 0.3 is 0 Å². The summed E-state index contributed by atoms with van der Waals surface area (Å²) < 4.78 is 0. The summed E-state index contributed by atoms with van der Waals surface area (Å²) in [5.41, 5.74) is 5.85. The van der Waals surface area contributed by atoms with Gasteiger partial charge in [-0.2, -0.15) is 0 Å². The van der Waals surface area contributed by atoms with Crippen LogP contribution in [0.1, 0.15) is 51.7 Å². The Kier molecular flexibility index (Phi) is 2.97. The molecule has 1 aliphatic carbocycles. The predicted molar refractivity (Wildman–Crippen MR) is 85.0 cm³/mol. The van der Waals surface area contributed by atoms with Gasteiger partial charge in [-0.3, -0.25) is 4.98 Å². The van der Waals surface area contributed by atoms with Gasteiger partial charge in [-0.15, -0.1) is 0 Å². The molecule has 20 heavy (non-hydrogen) atoms. The second-order valence-corrected chi connectivity index (χ2v) is 7.24. The van der Waals surface area contributed by atoms with Crippen molar-refractivity contribution in [3.63, 3.8) is 0 Å². The highest BCUT2D eigenvalue weighted by molar-refractivity contribution is 5.62. The first-order valence-corrected chi connectivity index (χ1v) is 7.47. The fraction of sp³-hybridized carbons (Fsp3) is 0.421. The molecule has 0 amide bonds. The molecular weight excluding hydrogens is 242 g/mol. The molecule has 0 unspecified atom stereocenters. The fourth-order valence-corrected chi connectivity index (χ4v) is 3.28. The zero-order valence-corrected chi connectivity index (χ0v) is 12.9. The maximum absolute atomic E-state index is 4.48. The molecule has 1 heteroatoms. The van der Waals surface area contributed by atoms with Gasteiger partial charge in [0.2, 0.25) is 0 Å². The Hall–Kier alpha value is -1.63. The van der Waals surface area contributed by atoms with Crippen molar-refractivity contribution >= 4 is 0 Å². The van der Waals surface area contributed by atoms with Crippen molar-refractivity contribution in [1.29, 1.82) is 0 Å². The molecule has 1 aromatic carbocycles. The zero-order valence-electron chi connectivity index (χ0n) is 12.9. The lowest BCUT2D eigenvalue weighted by molar-refractivity contribution is 0.332. The highest BCUT2D eigenvalue weighted by Gasteiger charge is 2.36. The minimum absolute atomic E-state index is 0.260. The van der Waals surface area contributed by atoms with Gasteiger partial charge in [-0.1, -0.05) is 45.9 Å². The molecule has 0 fully saturated rings. The molecule has 1 aliphatic rings. The minimum Gasteiger partial charge on any atom is -0.256 e. The summed E-state index contributed by atoms with van der Waals surface area (Å²) in [5.74, 6) is 0. The molecule has 0 saturated heterocycles. The average Bonchev–Trinajstić information content (AvgIpc) is 2.45. The van der Waals surface area contributed by atoms with Crippen LogP contribution in [-0.2, 0) is 10.8 Å². The van der Waals surface area contributed by atoms with Crippen LogP contribution >= 0.6 is 0 Å². The van der Waals surface area contributed by atoms with E-state index < -0.39 is 0 Å². The van der Waals surface area contributed by atoms with Crippen molar-refractivity contribution in [2.24, 2.45) is 0 Å². The van der Waals surface area contributed by atoms with Crippen LogP contribution in [0.5, 0.6) is 0 Å². The summed E-state index contributed by atoms with van der Waals surface area (Å²) in [6.45, 7) is 9.45. The summed E-state index contributed by atoms with van der Waals surface area (Å²) in [7, 11) is 0. The third-order valence-corrected chi connectivity index (χ3v) is 4.81. The number of fused-ring (bicyclic) bond motifs is 1. The fourth-order valence-electron chi connectivity index (χ4n) is 3.28. The summed E-state index contributed by atoms with van der Waals surface area (Å²) in [6.07, 6.45) is 4.37. The van der Waals surface area contributed by atoms with E-state index in [1.54, 1.807) is 0 Å². The number of hydrogen-bond acceptors (Lipinski definition) is 1. The zero-order chi connectivity index (χ0) is 14.4. The summed E-state index contributed by atoms with van der Waals surface area (Å²) in [5, 5.41) is 0. The van der Waals surface area contributed by atoms with Crippen LogP contribution in [0, 0.1) is 0 Å². The Balaban J connectivity index is 2.16. The monoisotopic (exact) mass is 265 g/mol. The number of aromatic nitrogens is 1. The lowest BCUT2D eigenvalue weighted by atomic mass is 9.63. The lowest BCUT2D eigenvalue weighted by Crippen LogP contribution is -2.33. The summed E-state index contributed by atoms with van der Waals surface area (Å²) >= 11 is 0. The Morgan fingerprint density at radius 3 is 2.20 bits per heavy atom. The first kappa shape index (κ1) is 13.4. The number of nitrogens with zero attached hydrogens (tertiary/aromatic N) is 1. The van der Waals surface area contributed by atoms with Crippen molar-refractivity contribution in [2.45, 2.75) is 51.4 Å². The SMILES string of the molecule is CC1(C)CCC(C)(C)c2cc(-c3ccccn3)ccc21. The van der Waals surface area contributed by atoms with E-state index in [9.17, 15) is 0 Å². The van der Waals surface area contributed by atoms with E-state index in [0.717, 1.165) is 5.69 Å². The molecular formula is C19H23N. The molecule has 3 rings (SSSR count). The van der Waals surface area contributed by atoms with Gasteiger partial charge in [0.25, 0.3) is 0 Å². The molecule has 0 saturated carbocycles. The normalized spacial score (nSPS) is 19.4. The topological polar surface area (TPSA) is 12.9 Å². The van der Waals surface area contributed by atoms with Crippen molar-refractivity contribution in [3.8, 4) is 11.3 Å². The van der Waals surface area contributed by atoms with Gasteiger partial charge in [0.1, 0.15) is 0 Å². The first-order valence-electron chi connectivity index (χ1n) is 7.47. The molecule has 2 aromatic rings. The third kappa shape index (κ3) is 2.15. The van der Waals surface area contributed by atoms with Crippen LogP contribution in [0.3, 0.4) is 0 Å². The van der Waals surface area contributed by atoms with Crippen molar-refractivity contribution in [2.75, 3.05) is 0 Å². The maximum atomic E-state index is 4.48. The lowest BCUT2D eigenvalue weighted by Gasteiger charge is -2.42. The highest BCUT2D eigenvalue weighted by atomic mass is 14.7. The molecule has 0 radical (unpaired) electrons. The quantitative estimate of drug-likeness (QED) is 0.699. The van der Waals surface area contributed by atoms with E-state index >= 15 is 0 Å². The van der Waals surface area contributed by atoms with Crippen LogP contribution in [0.4, 0.5) is 0 Å². The summed E-state index contributed by atoms with van der Waals surface area (Å²) in [6, 6.07) is 13.0. The van der Waals surface area contributed by atoms with Gasteiger partial charge in [-0.05, 0) is 53.0 Å². The van der Waals surface area contributed by atoms with Crippen molar-refractivity contribution in [3.05, 3.63) is 53.7 Å². The Morgan fingerprint density at radius 2 is 1.55 bits per heavy atom. The van der Waals surface area contributed by atoms with Crippen molar-refractivity contribution < 1.29 is 0 Å². The second-order valence-electron chi connectivity index (χ2n) is 7.24. The van der Waals surface area contributed by atoms with Crippen LogP contribution in [0.25, 0.3) is 11.3 Å². The number of benzene rings is 1. The molecule has 0 bridgehead atoms. The first-order chi connectivity index (χ1) is 9.40. The molecule has 1 nitrogen and oxygen atoms in total. The van der Waals surface area contributed by atoms with Gasteiger partial charge in [0.05, 0.1) is 5.69 Å². The summed E-state index contributed by atoms with van der Waals surface area (Å²) in [4.78, 5) is 4.48. The average molecular weight is 265 g/mol. The van der Waals surface area contributed by atoms with Crippen LogP contribution in [-0.4, -0.2) is 4.98 Å². The van der Waals surface area contributed by atoms with Gasteiger partial charge in [0.15, 0.2) is 0 Å². The maximum Gasteiger partial charge on any atom is 0.0702 e. The number of hydrogen-bond donors (Lipinski definition) is 0. The number of pyridine rings is 1. The van der Waals surface area contributed by atoms with E-state index in [1.807, 2.05) is 12.3 Å². The van der Waals surface area contributed by atoms with Gasteiger partial charge in [-0.25, -0.2) is 0 Å². The van der Waals surface area contributed by atoms with Crippen LogP contribution in [0.15, 0.2) is 42.6 Å². The van der Waals surface area contributed by atoms with E-state index in [4.69, 9.17) is 0 Å². The molecule has 0 N–H and O–H groups in total. The molecule has 104 valence electrons. The Morgan fingerprint density at radius 1 is 0.850 bits per heavy atom. The standard InChI is InChI=1S/C19H23N/c1-18(2)10-11-19(3,4)16-13-14(8-9-15(16)18)17-7-5-6-12-20-17/h5-9,12-13H,10-11H2,1-4H3. The Bertz CT molecular complexity index is 623. The predicted octanol–water partition coefficient (Wildman–Crippen LogP) is 5.10. The molecule has 1 heterocycles.